The van der Waals surface area contributed by atoms with Crippen LogP contribution in [0.2, 0.25) is 0 Å². The fourth-order valence-electron chi connectivity index (χ4n) is 1.77. The van der Waals surface area contributed by atoms with Gasteiger partial charge in [0.05, 0.1) is 6.04 Å². The van der Waals surface area contributed by atoms with E-state index < -0.39 is 6.04 Å². The summed E-state index contributed by atoms with van der Waals surface area (Å²) in [5.74, 6) is 0.448. The lowest BCUT2D eigenvalue weighted by atomic mass is 10.1. The van der Waals surface area contributed by atoms with Crippen LogP contribution in [0.4, 0.5) is 4.39 Å². The van der Waals surface area contributed by atoms with E-state index in [1.54, 1.807) is 30.0 Å². The average Bonchev–Trinajstić information content (AvgIpc) is 2.38. The molecule has 1 amide bonds. The Morgan fingerprint density at radius 2 is 2.16 bits per heavy atom. The Labute approximate surface area is 118 Å². The molecule has 0 saturated heterocycles. The van der Waals surface area contributed by atoms with Crippen LogP contribution in [0.5, 0.6) is 0 Å². The van der Waals surface area contributed by atoms with Crippen LogP contribution in [0.1, 0.15) is 18.9 Å². The van der Waals surface area contributed by atoms with E-state index in [4.69, 9.17) is 5.73 Å². The van der Waals surface area contributed by atoms with Crippen molar-refractivity contribution in [3.8, 4) is 0 Å². The third-order valence-corrected chi connectivity index (χ3v) is 3.49. The molecule has 0 aliphatic rings. The van der Waals surface area contributed by atoms with Crippen LogP contribution in [0.25, 0.3) is 0 Å². The number of carbonyl (C=O) groups is 1. The molecule has 0 fully saturated rings. The summed E-state index contributed by atoms with van der Waals surface area (Å²) in [6.07, 6.45) is 3.10. The van der Waals surface area contributed by atoms with Gasteiger partial charge in [-0.1, -0.05) is 18.2 Å². The second-order valence-corrected chi connectivity index (χ2v) is 5.58. The smallest absolute Gasteiger partial charge is 0.237 e. The molecule has 0 saturated carbocycles. The minimum Gasteiger partial charge on any atom is -0.352 e. The van der Waals surface area contributed by atoms with Gasteiger partial charge in [0.25, 0.3) is 0 Å². The van der Waals surface area contributed by atoms with Crippen molar-refractivity contribution in [2.24, 2.45) is 5.73 Å². The maximum Gasteiger partial charge on any atom is 0.237 e. The van der Waals surface area contributed by atoms with E-state index in [1.165, 1.54) is 6.07 Å². The molecule has 3 nitrogen and oxygen atoms in total. The maximum absolute atomic E-state index is 13.5. The molecule has 0 bridgehead atoms. The van der Waals surface area contributed by atoms with Gasteiger partial charge in [0, 0.05) is 6.04 Å². The van der Waals surface area contributed by atoms with Crippen molar-refractivity contribution in [3.63, 3.8) is 0 Å². The van der Waals surface area contributed by atoms with Crippen LogP contribution >= 0.6 is 11.8 Å². The number of nitrogens with one attached hydrogen (secondary N) is 1. The normalized spacial score (nSPS) is 13.9. The number of amides is 1. The van der Waals surface area contributed by atoms with Gasteiger partial charge in [0.15, 0.2) is 0 Å². The molecule has 5 heteroatoms. The second kappa shape index (κ2) is 8.17. The van der Waals surface area contributed by atoms with Gasteiger partial charge < -0.3 is 11.1 Å². The highest BCUT2D eigenvalue weighted by Crippen LogP contribution is 2.09. The first-order chi connectivity index (χ1) is 9.04. The van der Waals surface area contributed by atoms with Crippen molar-refractivity contribution in [1.82, 2.24) is 5.32 Å². The first-order valence-corrected chi connectivity index (χ1v) is 7.72. The minimum atomic E-state index is -0.490. The summed E-state index contributed by atoms with van der Waals surface area (Å²) in [5.41, 5.74) is 6.38. The predicted molar refractivity (Wildman–Crippen MR) is 78.7 cm³/mol. The number of nitrogens with two attached hydrogens (primary N) is 1. The molecule has 1 unspecified atom stereocenters. The van der Waals surface area contributed by atoms with Crippen LogP contribution in [0.15, 0.2) is 24.3 Å². The zero-order valence-corrected chi connectivity index (χ0v) is 12.2. The lowest BCUT2D eigenvalue weighted by Gasteiger charge is -2.17. The van der Waals surface area contributed by atoms with Crippen molar-refractivity contribution < 1.29 is 9.18 Å². The predicted octanol–water partition coefficient (Wildman–Crippen LogP) is 1.95. The molecule has 0 radical (unpaired) electrons. The molecular weight excluding hydrogens is 263 g/mol. The fraction of sp³-hybridized carbons (Fsp3) is 0.500. The number of hydrogen-bond acceptors (Lipinski definition) is 3. The van der Waals surface area contributed by atoms with Crippen LogP contribution in [0.3, 0.4) is 0 Å². The summed E-state index contributed by atoms with van der Waals surface area (Å²) in [5, 5.41) is 2.82. The summed E-state index contributed by atoms with van der Waals surface area (Å²) < 4.78 is 13.5. The number of halogens is 1. The molecule has 0 aliphatic carbocycles. The van der Waals surface area contributed by atoms with Gasteiger partial charge in [-0.15, -0.1) is 0 Å². The zero-order valence-electron chi connectivity index (χ0n) is 11.4. The number of rotatable bonds is 7. The lowest BCUT2D eigenvalue weighted by molar-refractivity contribution is -0.122. The summed E-state index contributed by atoms with van der Waals surface area (Å²) in [6, 6.07) is 5.97. The SMILES string of the molecule is CSCC[C@H](N)C(=O)NC(C)Cc1ccccc1F. The van der Waals surface area contributed by atoms with E-state index in [1.807, 2.05) is 13.2 Å². The van der Waals surface area contributed by atoms with Gasteiger partial charge in [-0.05, 0) is 43.4 Å². The van der Waals surface area contributed by atoms with Crippen molar-refractivity contribution >= 4 is 17.7 Å². The molecule has 0 spiro atoms. The van der Waals surface area contributed by atoms with Gasteiger partial charge in [0.2, 0.25) is 5.91 Å². The third kappa shape index (κ3) is 5.61. The average molecular weight is 284 g/mol. The molecule has 0 aromatic heterocycles. The van der Waals surface area contributed by atoms with Crippen molar-refractivity contribution in [2.75, 3.05) is 12.0 Å². The van der Waals surface area contributed by atoms with E-state index in [9.17, 15) is 9.18 Å². The lowest BCUT2D eigenvalue weighted by Crippen LogP contribution is -2.45. The first kappa shape index (κ1) is 16.0. The van der Waals surface area contributed by atoms with Crippen molar-refractivity contribution in [3.05, 3.63) is 35.6 Å². The van der Waals surface area contributed by atoms with E-state index in [0.29, 0.717) is 18.4 Å². The molecule has 19 heavy (non-hydrogen) atoms. The largest absolute Gasteiger partial charge is 0.352 e. The molecule has 1 rings (SSSR count). The van der Waals surface area contributed by atoms with Gasteiger partial charge in [-0.2, -0.15) is 11.8 Å². The summed E-state index contributed by atoms with van der Waals surface area (Å²) in [6.45, 7) is 1.85. The Balaban J connectivity index is 2.45. The highest BCUT2D eigenvalue weighted by Gasteiger charge is 2.16. The zero-order chi connectivity index (χ0) is 14.3. The van der Waals surface area contributed by atoms with Gasteiger partial charge in [0.1, 0.15) is 5.82 Å². The summed E-state index contributed by atoms with van der Waals surface area (Å²) >= 11 is 1.66. The second-order valence-electron chi connectivity index (χ2n) is 4.59. The maximum atomic E-state index is 13.5. The Bertz CT molecular complexity index is 414. The van der Waals surface area contributed by atoms with Gasteiger partial charge in [-0.3, -0.25) is 4.79 Å². The molecule has 1 aromatic carbocycles. The Morgan fingerprint density at radius 1 is 1.47 bits per heavy atom. The Morgan fingerprint density at radius 3 is 2.79 bits per heavy atom. The Hall–Kier alpha value is -1.07. The minimum absolute atomic E-state index is 0.135. The van der Waals surface area contributed by atoms with E-state index in [2.05, 4.69) is 5.32 Å². The van der Waals surface area contributed by atoms with E-state index in [-0.39, 0.29) is 17.8 Å². The van der Waals surface area contributed by atoms with E-state index in [0.717, 1.165) is 5.75 Å². The number of carbonyl (C=O) groups excluding carboxylic acids is 1. The monoisotopic (exact) mass is 284 g/mol. The van der Waals surface area contributed by atoms with Crippen LogP contribution in [0, 0.1) is 5.82 Å². The standard InChI is InChI=1S/C14H21FN2OS/c1-10(9-11-5-3-4-6-12(11)15)17-14(18)13(16)7-8-19-2/h3-6,10,13H,7-9,16H2,1-2H3,(H,17,18)/t10?,13-/m0/s1. The molecule has 1 aromatic rings. The van der Waals surface area contributed by atoms with Crippen LogP contribution in [-0.4, -0.2) is 30.0 Å². The third-order valence-electron chi connectivity index (χ3n) is 2.84. The summed E-state index contributed by atoms with van der Waals surface area (Å²) in [4.78, 5) is 11.8. The molecular formula is C14H21FN2OS. The quantitative estimate of drug-likeness (QED) is 0.804. The highest BCUT2D eigenvalue weighted by atomic mass is 32.2. The van der Waals surface area contributed by atoms with E-state index >= 15 is 0 Å². The number of benzene rings is 1. The molecule has 3 N–H and O–H groups in total. The van der Waals surface area contributed by atoms with Crippen molar-refractivity contribution in [2.45, 2.75) is 31.8 Å². The highest BCUT2D eigenvalue weighted by molar-refractivity contribution is 7.98. The fourth-order valence-corrected chi connectivity index (χ4v) is 2.26. The summed E-state index contributed by atoms with van der Waals surface area (Å²) in [7, 11) is 0. The molecule has 0 heterocycles. The molecule has 106 valence electrons. The number of hydrogen-bond donors (Lipinski definition) is 2. The van der Waals surface area contributed by atoms with Gasteiger partial charge in [-0.25, -0.2) is 4.39 Å². The van der Waals surface area contributed by atoms with Crippen molar-refractivity contribution in [1.29, 1.82) is 0 Å². The topological polar surface area (TPSA) is 55.1 Å². The van der Waals surface area contributed by atoms with Crippen LogP contribution < -0.4 is 11.1 Å². The number of thioether (sulfide) groups is 1. The Kier molecular flexibility index (Phi) is 6.87. The van der Waals surface area contributed by atoms with Gasteiger partial charge >= 0.3 is 0 Å². The first-order valence-electron chi connectivity index (χ1n) is 6.33. The molecule has 2 atom stereocenters. The molecule has 0 aliphatic heterocycles. The van der Waals surface area contributed by atoms with Crippen LogP contribution in [-0.2, 0) is 11.2 Å².